The molecule has 0 aromatic heterocycles. The van der Waals surface area contributed by atoms with Crippen LogP contribution in [0.5, 0.6) is 0 Å². The zero-order valence-corrected chi connectivity index (χ0v) is 11.4. The van der Waals surface area contributed by atoms with E-state index in [1.165, 1.54) is 12.3 Å². The molecule has 4 N–H and O–H groups in total. The number of rotatable bonds is 8. The maximum absolute atomic E-state index is 11.9. The van der Waals surface area contributed by atoms with E-state index >= 15 is 0 Å². The third-order valence-electron chi connectivity index (χ3n) is 2.38. The van der Waals surface area contributed by atoms with Gasteiger partial charge < -0.3 is 20.8 Å². The average Bonchev–Trinajstić information content (AvgIpc) is 2.34. The van der Waals surface area contributed by atoms with Crippen LogP contribution in [0.4, 0.5) is 0 Å². The average molecular weight is 290 g/mol. The third kappa shape index (κ3) is 5.75. The Kier molecular flexibility index (Phi) is 7.85. The van der Waals surface area contributed by atoms with Crippen LogP contribution in [0, 0.1) is 0 Å². The number of allylic oxidation sites excluding steroid dienone is 1. The maximum Gasteiger partial charge on any atom is 0.327 e. The lowest BCUT2D eigenvalue weighted by atomic mass is 10.1. The van der Waals surface area contributed by atoms with Crippen molar-refractivity contribution in [2.45, 2.75) is 31.8 Å². The zero-order valence-electron chi connectivity index (χ0n) is 10.5. The van der Waals surface area contributed by atoms with Crippen molar-refractivity contribution in [1.82, 2.24) is 4.90 Å². The molecule has 0 aliphatic rings. The van der Waals surface area contributed by atoms with Crippen molar-refractivity contribution < 1.29 is 24.6 Å². The summed E-state index contributed by atoms with van der Waals surface area (Å²) < 4.78 is 0. The second-order valence-corrected chi connectivity index (χ2v) is 4.17. The van der Waals surface area contributed by atoms with Gasteiger partial charge in [-0.2, -0.15) is 12.6 Å². The van der Waals surface area contributed by atoms with E-state index in [9.17, 15) is 14.4 Å². The topological polar surface area (TPSA) is 121 Å². The van der Waals surface area contributed by atoms with Gasteiger partial charge >= 0.3 is 11.9 Å². The van der Waals surface area contributed by atoms with Crippen molar-refractivity contribution >= 4 is 30.5 Å². The number of carbonyl (C=O) groups is 3. The van der Waals surface area contributed by atoms with Crippen molar-refractivity contribution in [1.29, 1.82) is 0 Å². The van der Waals surface area contributed by atoms with Crippen LogP contribution in [-0.4, -0.2) is 50.8 Å². The minimum absolute atomic E-state index is 0.0452. The molecule has 7 nitrogen and oxygen atoms in total. The van der Waals surface area contributed by atoms with Crippen LogP contribution in [0.25, 0.3) is 0 Å². The number of hydrogen-bond donors (Lipinski definition) is 4. The first kappa shape index (κ1) is 17.5. The van der Waals surface area contributed by atoms with Gasteiger partial charge in [-0.3, -0.25) is 9.59 Å². The molecule has 0 saturated carbocycles. The molecule has 0 aliphatic carbocycles. The van der Waals surface area contributed by atoms with E-state index < -0.39 is 29.9 Å². The van der Waals surface area contributed by atoms with Gasteiger partial charge in [-0.15, -0.1) is 0 Å². The van der Waals surface area contributed by atoms with Gasteiger partial charge in [0, 0.05) is 18.4 Å². The summed E-state index contributed by atoms with van der Waals surface area (Å²) in [4.78, 5) is 34.5. The van der Waals surface area contributed by atoms with E-state index in [-0.39, 0.29) is 18.6 Å². The second-order valence-electron chi connectivity index (χ2n) is 3.80. The van der Waals surface area contributed by atoms with Crippen molar-refractivity contribution in [3.05, 3.63) is 12.3 Å². The minimum atomic E-state index is -1.20. The van der Waals surface area contributed by atoms with E-state index in [1.54, 1.807) is 6.92 Å². The van der Waals surface area contributed by atoms with Crippen molar-refractivity contribution in [2.75, 3.05) is 5.75 Å². The Bertz CT molecular complexity index is 372. The SMILES string of the molecule is CC=CN(C(=O)CC[C@H](N)C(=O)O)[C@@H](CS)C(=O)O. The molecule has 0 heterocycles. The highest BCUT2D eigenvalue weighted by molar-refractivity contribution is 7.80. The summed E-state index contributed by atoms with van der Waals surface area (Å²) in [7, 11) is 0. The molecule has 0 aliphatic heterocycles. The van der Waals surface area contributed by atoms with Crippen LogP contribution in [0.1, 0.15) is 19.8 Å². The fourth-order valence-electron chi connectivity index (χ4n) is 1.34. The fraction of sp³-hybridized carbons (Fsp3) is 0.545. The Morgan fingerprint density at radius 3 is 2.26 bits per heavy atom. The molecule has 19 heavy (non-hydrogen) atoms. The summed E-state index contributed by atoms with van der Waals surface area (Å²) >= 11 is 3.90. The molecule has 8 heteroatoms. The molecule has 0 aromatic carbocycles. The summed E-state index contributed by atoms with van der Waals surface area (Å²) in [5.74, 6) is -2.93. The molecule has 1 amide bonds. The number of hydrogen-bond acceptors (Lipinski definition) is 5. The smallest absolute Gasteiger partial charge is 0.327 e. The predicted molar refractivity (Wildman–Crippen MR) is 71.8 cm³/mol. The first-order valence-electron chi connectivity index (χ1n) is 5.61. The maximum atomic E-state index is 11.9. The summed E-state index contributed by atoms with van der Waals surface area (Å²) in [5, 5.41) is 17.6. The van der Waals surface area contributed by atoms with Crippen LogP contribution in [-0.2, 0) is 14.4 Å². The second kappa shape index (κ2) is 8.54. The monoisotopic (exact) mass is 290 g/mol. The first-order valence-corrected chi connectivity index (χ1v) is 6.24. The highest BCUT2D eigenvalue weighted by Gasteiger charge is 2.27. The molecule has 0 spiro atoms. The summed E-state index contributed by atoms with van der Waals surface area (Å²) in [5.41, 5.74) is 5.29. The minimum Gasteiger partial charge on any atom is -0.480 e. The molecule has 0 rings (SSSR count). The van der Waals surface area contributed by atoms with E-state index in [2.05, 4.69) is 12.6 Å². The first-order chi connectivity index (χ1) is 8.84. The fourth-order valence-corrected chi connectivity index (χ4v) is 1.67. The Morgan fingerprint density at radius 2 is 1.89 bits per heavy atom. The normalized spacial score (nSPS) is 14.1. The summed E-state index contributed by atoms with van der Waals surface area (Å²) in [6, 6.07) is -2.23. The molecule has 0 aromatic rings. The Labute approximate surface area is 116 Å². The number of carboxylic acids is 2. The van der Waals surface area contributed by atoms with Crippen LogP contribution in [0.3, 0.4) is 0 Å². The number of carboxylic acid groups (broad SMARTS) is 2. The van der Waals surface area contributed by atoms with Crippen molar-refractivity contribution in [3.63, 3.8) is 0 Å². The Hall–Kier alpha value is -1.54. The molecule has 0 radical (unpaired) electrons. The number of carbonyl (C=O) groups excluding carboxylic acids is 1. The molecule has 0 saturated heterocycles. The molecule has 0 unspecified atom stereocenters. The van der Waals surface area contributed by atoms with Gasteiger partial charge in [0.05, 0.1) is 0 Å². The van der Waals surface area contributed by atoms with Crippen molar-refractivity contribution in [3.8, 4) is 0 Å². The van der Waals surface area contributed by atoms with E-state index in [0.717, 1.165) is 4.90 Å². The molecule has 2 atom stereocenters. The molecule has 0 bridgehead atoms. The van der Waals surface area contributed by atoms with E-state index in [0.29, 0.717) is 0 Å². The number of aliphatic carboxylic acids is 2. The number of amides is 1. The van der Waals surface area contributed by atoms with Crippen LogP contribution < -0.4 is 5.73 Å². The van der Waals surface area contributed by atoms with Gasteiger partial charge in [-0.1, -0.05) is 6.08 Å². The molecular formula is C11H18N2O5S. The summed E-state index contributed by atoms with van der Waals surface area (Å²) in [6.45, 7) is 1.64. The van der Waals surface area contributed by atoms with Crippen molar-refractivity contribution in [2.24, 2.45) is 5.73 Å². The van der Waals surface area contributed by atoms with Crippen LogP contribution in [0.2, 0.25) is 0 Å². The van der Waals surface area contributed by atoms with Gasteiger partial charge in [-0.05, 0) is 13.3 Å². The highest BCUT2D eigenvalue weighted by Crippen LogP contribution is 2.09. The quantitative estimate of drug-likeness (QED) is 0.464. The van der Waals surface area contributed by atoms with Gasteiger partial charge in [0.1, 0.15) is 12.1 Å². The zero-order chi connectivity index (χ0) is 15.0. The molecule has 0 fully saturated rings. The Morgan fingerprint density at radius 1 is 1.32 bits per heavy atom. The lowest BCUT2D eigenvalue weighted by molar-refractivity contribution is -0.147. The van der Waals surface area contributed by atoms with Gasteiger partial charge in [-0.25, -0.2) is 4.79 Å². The van der Waals surface area contributed by atoms with Crippen LogP contribution in [0.15, 0.2) is 12.3 Å². The van der Waals surface area contributed by atoms with E-state index in [1.807, 2.05) is 0 Å². The van der Waals surface area contributed by atoms with Gasteiger partial charge in [0.25, 0.3) is 0 Å². The predicted octanol–water partition coefficient (Wildman–Crippen LogP) is -0.0763. The van der Waals surface area contributed by atoms with Gasteiger partial charge in [0.2, 0.25) is 5.91 Å². The number of nitrogens with two attached hydrogens (primary N) is 1. The lowest BCUT2D eigenvalue weighted by Crippen LogP contribution is -2.43. The number of thiol groups is 1. The van der Waals surface area contributed by atoms with Gasteiger partial charge in [0.15, 0.2) is 0 Å². The Balaban J connectivity index is 4.75. The van der Waals surface area contributed by atoms with Crippen LogP contribution >= 0.6 is 12.6 Å². The summed E-state index contributed by atoms with van der Waals surface area (Å²) in [6.07, 6.45) is 2.66. The molecular weight excluding hydrogens is 272 g/mol. The molecule has 108 valence electrons. The third-order valence-corrected chi connectivity index (χ3v) is 2.72. The highest BCUT2D eigenvalue weighted by atomic mass is 32.1. The lowest BCUT2D eigenvalue weighted by Gasteiger charge is -2.24. The van der Waals surface area contributed by atoms with E-state index in [4.69, 9.17) is 15.9 Å². The largest absolute Gasteiger partial charge is 0.480 e. The standard InChI is InChI=1S/C11H18N2O5S/c1-2-5-13(8(6-19)11(17)18)9(14)4-3-7(12)10(15)16/h2,5,7-8,19H,3-4,6,12H2,1H3,(H,15,16)(H,17,18)/t7-,8-/m0/s1. The number of nitrogens with zero attached hydrogens (tertiary/aromatic N) is 1.